The molecule has 1 aromatic heterocycles. The number of methoxy groups -OCH3 is 1. The lowest BCUT2D eigenvalue weighted by atomic mass is 10.3. The molecule has 3 nitrogen and oxygen atoms in total. The molecule has 2 aromatic rings. The number of aromatic nitrogens is 1. The van der Waals surface area contributed by atoms with Crippen LogP contribution < -0.4 is 10.1 Å². The highest BCUT2D eigenvalue weighted by Gasteiger charge is 2.04. The summed E-state index contributed by atoms with van der Waals surface area (Å²) in [5, 5.41) is 3.35. The molecule has 0 amide bonds. The summed E-state index contributed by atoms with van der Waals surface area (Å²) in [6.07, 6.45) is 3.93. The zero-order valence-electron chi connectivity index (χ0n) is 9.77. The Bertz CT molecular complexity index is 471. The third-order valence-electron chi connectivity index (χ3n) is 2.35. The van der Waals surface area contributed by atoms with E-state index in [1.165, 1.54) is 9.77 Å². The van der Waals surface area contributed by atoms with Gasteiger partial charge in [-0.25, -0.2) is 0 Å². The van der Waals surface area contributed by atoms with Gasteiger partial charge in [0.25, 0.3) is 0 Å². The molecular formula is C12H14N2OS2. The smallest absolute Gasteiger partial charge is 0.143 e. The van der Waals surface area contributed by atoms with Gasteiger partial charge in [0.05, 0.1) is 24.9 Å². The number of anilines is 1. The summed E-state index contributed by atoms with van der Waals surface area (Å²) in [4.78, 5) is 6.46. The standard InChI is InChI=1S/C12H14N2OS2/c1-15-12-5-9(16-2)3-4-11(12)14-7-10-6-13-8-17-10/h3-6,8,14H,7H2,1-2H3. The Labute approximate surface area is 109 Å². The summed E-state index contributed by atoms with van der Waals surface area (Å²) < 4.78 is 5.37. The molecule has 0 radical (unpaired) electrons. The molecule has 0 unspecified atom stereocenters. The lowest BCUT2D eigenvalue weighted by Gasteiger charge is -2.11. The topological polar surface area (TPSA) is 34.1 Å². The van der Waals surface area contributed by atoms with Crippen LogP contribution in [0, 0.1) is 0 Å². The largest absolute Gasteiger partial charge is 0.495 e. The summed E-state index contributed by atoms with van der Waals surface area (Å²) in [7, 11) is 1.69. The van der Waals surface area contributed by atoms with Crippen molar-refractivity contribution in [3.63, 3.8) is 0 Å². The van der Waals surface area contributed by atoms with Gasteiger partial charge in [-0.1, -0.05) is 0 Å². The van der Waals surface area contributed by atoms with Crippen molar-refractivity contribution in [2.24, 2.45) is 0 Å². The van der Waals surface area contributed by atoms with Crippen molar-refractivity contribution in [2.45, 2.75) is 11.4 Å². The Morgan fingerprint density at radius 3 is 3.00 bits per heavy atom. The number of benzene rings is 1. The van der Waals surface area contributed by atoms with Crippen LogP contribution in [0.3, 0.4) is 0 Å². The average molecular weight is 266 g/mol. The normalized spacial score (nSPS) is 10.2. The molecule has 1 heterocycles. The van der Waals surface area contributed by atoms with Gasteiger partial charge >= 0.3 is 0 Å². The van der Waals surface area contributed by atoms with Gasteiger partial charge in [-0.15, -0.1) is 23.1 Å². The molecule has 0 fully saturated rings. The lowest BCUT2D eigenvalue weighted by molar-refractivity contribution is 0.415. The van der Waals surface area contributed by atoms with Crippen molar-refractivity contribution < 1.29 is 4.74 Å². The molecule has 0 bridgehead atoms. The summed E-state index contributed by atoms with van der Waals surface area (Å²) in [6, 6.07) is 6.17. The minimum absolute atomic E-state index is 0.777. The third kappa shape index (κ3) is 3.14. The van der Waals surface area contributed by atoms with E-state index < -0.39 is 0 Å². The summed E-state index contributed by atoms with van der Waals surface area (Å²) in [6.45, 7) is 0.777. The number of thioether (sulfide) groups is 1. The predicted molar refractivity (Wildman–Crippen MR) is 74.2 cm³/mol. The SMILES string of the molecule is COc1cc(SC)ccc1NCc1cncs1. The summed E-state index contributed by atoms with van der Waals surface area (Å²) in [5.74, 6) is 0.876. The molecule has 0 aliphatic heterocycles. The number of nitrogens with zero attached hydrogens (tertiary/aromatic N) is 1. The second-order valence-corrected chi connectivity index (χ2v) is 5.24. The fourth-order valence-electron chi connectivity index (χ4n) is 1.46. The monoisotopic (exact) mass is 266 g/mol. The Kier molecular flexibility index (Phi) is 4.28. The Hall–Kier alpha value is -1.20. The van der Waals surface area contributed by atoms with Crippen molar-refractivity contribution in [2.75, 3.05) is 18.7 Å². The zero-order chi connectivity index (χ0) is 12.1. The molecule has 1 N–H and O–H groups in total. The summed E-state index contributed by atoms with van der Waals surface area (Å²) in [5.41, 5.74) is 2.85. The van der Waals surface area contributed by atoms with Gasteiger partial charge < -0.3 is 10.1 Å². The molecule has 0 spiro atoms. The third-order valence-corrected chi connectivity index (χ3v) is 3.85. The molecule has 17 heavy (non-hydrogen) atoms. The van der Waals surface area contributed by atoms with Crippen LogP contribution in [0.5, 0.6) is 5.75 Å². The van der Waals surface area contributed by atoms with Gasteiger partial charge in [-0.3, -0.25) is 4.98 Å². The van der Waals surface area contributed by atoms with Crippen LogP contribution in [0.2, 0.25) is 0 Å². The maximum absolute atomic E-state index is 5.37. The second-order valence-electron chi connectivity index (χ2n) is 3.39. The molecule has 90 valence electrons. The number of nitrogens with one attached hydrogen (secondary N) is 1. The highest BCUT2D eigenvalue weighted by Crippen LogP contribution is 2.29. The van der Waals surface area contributed by atoms with E-state index in [1.807, 2.05) is 23.8 Å². The Morgan fingerprint density at radius 1 is 1.47 bits per heavy atom. The van der Waals surface area contributed by atoms with E-state index in [-0.39, 0.29) is 0 Å². The van der Waals surface area contributed by atoms with Gasteiger partial charge in [0.2, 0.25) is 0 Å². The lowest BCUT2D eigenvalue weighted by Crippen LogP contribution is -2.00. The molecular weight excluding hydrogens is 252 g/mol. The first-order valence-electron chi connectivity index (χ1n) is 5.16. The van der Waals surface area contributed by atoms with E-state index in [0.717, 1.165) is 18.0 Å². The second kappa shape index (κ2) is 5.93. The molecule has 2 rings (SSSR count). The first-order chi connectivity index (χ1) is 8.33. The fraction of sp³-hybridized carbons (Fsp3) is 0.250. The molecule has 1 aromatic carbocycles. The quantitative estimate of drug-likeness (QED) is 0.840. The molecule has 0 saturated heterocycles. The van der Waals surface area contributed by atoms with E-state index in [2.05, 4.69) is 22.6 Å². The highest BCUT2D eigenvalue weighted by atomic mass is 32.2. The van der Waals surface area contributed by atoms with E-state index in [4.69, 9.17) is 4.74 Å². The number of hydrogen-bond acceptors (Lipinski definition) is 5. The van der Waals surface area contributed by atoms with Crippen LogP contribution in [-0.4, -0.2) is 18.3 Å². The van der Waals surface area contributed by atoms with E-state index in [0.29, 0.717) is 0 Å². The van der Waals surface area contributed by atoms with Crippen LogP contribution >= 0.6 is 23.1 Å². The predicted octanol–water partition coefficient (Wildman–Crippen LogP) is 3.49. The van der Waals surface area contributed by atoms with E-state index in [1.54, 1.807) is 30.2 Å². The minimum atomic E-state index is 0.777. The van der Waals surface area contributed by atoms with Crippen LogP contribution in [0.15, 0.2) is 34.8 Å². The van der Waals surface area contributed by atoms with E-state index in [9.17, 15) is 0 Å². The van der Waals surface area contributed by atoms with Crippen molar-refractivity contribution in [3.05, 3.63) is 34.8 Å². The van der Waals surface area contributed by atoms with Crippen molar-refractivity contribution >= 4 is 28.8 Å². The fourth-order valence-corrected chi connectivity index (χ4v) is 2.42. The maximum atomic E-state index is 5.37. The number of hydrogen-bond donors (Lipinski definition) is 1. The molecule has 0 atom stereocenters. The van der Waals surface area contributed by atoms with Crippen LogP contribution in [-0.2, 0) is 6.54 Å². The Balaban J connectivity index is 2.09. The van der Waals surface area contributed by atoms with Gasteiger partial charge in [-0.05, 0) is 24.5 Å². The average Bonchev–Trinajstić information content (AvgIpc) is 2.89. The number of thiazole rings is 1. The van der Waals surface area contributed by atoms with Crippen LogP contribution in [0.4, 0.5) is 5.69 Å². The highest BCUT2D eigenvalue weighted by molar-refractivity contribution is 7.98. The van der Waals surface area contributed by atoms with Gasteiger partial charge in [0, 0.05) is 16.0 Å². The van der Waals surface area contributed by atoms with Gasteiger partial charge in [0.15, 0.2) is 0 Å². The summed E-state index contributed by atoms with van der Waals surface area (Å²) >= 11 is 3.35. The van der Waals surface area contributed by atoms with Crippen molar-refractivity contribution in [1.29, 1.82) is 0 Å². The molecule has 0 saturated carbocycles. The van der Waals surface area contributed by atoms with Gasteiger partial charge in [-0.2, -0.15) is 0 Å². The first-order valence-corrected chi connectivity index (χ1v) is 7.27. The van der Waals surface area contributed by atoms with Crippen LogP contribution in [0.25, 0.3) is 0 Å². The number of ether oxygens (including phenoxy) is 1. The van der Waals surface area contributed by atoms with Crippen molar-refractivity contribution in [3.8, 4) is 5.75 Å². The molecule has 0 aliphatic rings. The van der Waals surface area contributed by atoms with E-state index >= 15 is 0 Å². The minimum Gasteiger partial charge on any atom is -0.495 e. The number of rotatable bonds is 5. The molecule has 0 aliphatic carbocycles. The van der Waals surface area contributed by atoms with Crippen LogP contribution in [0.1, 0.15) is 4.88 Å². The van der Waals surface area contributed by atoms with Crippen molar-refractivity contribution in [1.82, 2.24) is 4.98 Å². The van der Waals surface area contributed by atoms with Gasteiger partial charge in [0.1, 0.15) is 5.75 Å². The Morgan fingerprint density at radius 2 is 2.35 bits per heavy atom. The zero-order valence-corrected chi connectivity index (χ0v) is 11.4. The first kappa shape index (κ1) is 12.3. The maximum Gasteiger partial charge on any atom is 0.143 e. The molecule has 5 heteroatoms.